The predicted molar refractivity (Wildman–Crippen MR) is 170 cm³/mol. The molecule has 1 aromatic rings. The molecule has 0 aromatic heterocycles. The first-order chi connectivity index (χ1) is 19.0. The topological polar surface area (TPSA) is 63.2 Å². The number of halogens is 2. The van der Waals surface area contributed by atoms with E-state index in [2.05, 4.69) is 90.1 Å². The summed E-state index contributed by atoms with van der Waals surface area (Å²) in [4.78, 5) is 23.1. The van der Waals surface area contributed by atoms with Crippen molar-refractivity contribution < 1.29 is 28.8 Å². The molecule has 0 radical (unpaired) electrons. The standard InChI is InChI=1S/C32H50Br2O6/c1-7-17-36-19-21-38-30(35)32(6,34)24-27(4)10-12-29-15-13-28(14-16-29)11-9-26(3)23-31(5,33)25-40-39-22-20-37-18-8-2/h7-8,13-16,26-27H,1-2,9-12,17-25H2,3-6H3. The van der Waals surface area contributed by atoms with Gasteiger partial charge in [0.05, 0.1) is 33.0 Å². The van der Waals surface area contributed by atoms with Crippen molar-refractivity contribution in [2.75, 3.05) is 46.2 Å². The van der Waals surface area contributed by atoms with E-state index in [1.54, 1.807) is 12.2 Å². The molecule has 0 fully saturated rings. The minimum atomic E-state index is -0.698. The Morgan fingerprint density at radius 3 is 1.85 bits per heavy atom. The molecule has 0 heterocycles. The fraction of sp³-hybridized carbons (Fsp3) is 0.656. The van der Waals surface area contributed by atoms with E-state index < -0.39 is 4.32 Å². The van der Waals surface area contributed by atoms with Crippen LogP contribution in [-0.2, 0) is 41.6 Å². The number of benzene rings is 1. The number of carbonyl (C=O) groups is 1. The Morgan fingerprint density at radius 2 is 1.32 bits per heavy atom. The molecule has 4 unspecified atom stereocenters. The van der Waals surface area contributed by atoms with E-state index in [0.717, 1.165) is 32.1 Å². The Hall–Kier alpha value is -1.03. The highest BCUT2D eigenvalue weighted by Gasteiger charge is 2.33. The lowest BCUT2D eigenvalue weighted by Gasteiger charge is -2.25. The van der Waals surface area contributed by atoms with Crippen LogP contribution in [0.2, 0.25) is 0 Å². The zero-order valence-electron chi connectivity index (χ0n) is 24.9. The average Bonchev–Trinajstić information content (AvgIpc) is 2.90. The van der Waals surface area contributed by atoms with Crippen LogP contribution in [0.4, 0.5) is 0 Å². The number of hydrogen-bond acceptors (Lipinski definition) is 6. The Labute approximate surface area is 259 Å². The Bertz CT molecular complexity index is 840. The summed E-state index contributed by atoms with van der Waals surface area (Å²) in [7, 11) is 0. The molecule has 1 rings (SSSR count). The van der Waals surface area contributed by atoms with E-state index in [-0.39, 0.29) is 16.9 Å². The molecule has 0 amide bonds. The van der Waals surface area contributed by atoms with Gasteiger partial charge in [-0.2, -0.15) is 0 Å². The van der Waals surface area contributed by atoms with Gasteiger partial charge in [-0.25, -0.2) is 9.78 Å². The second-order valence-corrected chi connectivity index (χ2v) is 14.7. The molecule has 4 atom stereocenters. The summed E-state index contributed by atoms with van der Waals surface area (Å²) < 4.78 is 15.1. The van der Waals surface area contributed by atoms with E-state index in [4.69, 9.17) is 24.0 Å². The van der Waals surface area contributed by atoms with Crippen LogP contribution in [0.3, 0.4) is 0 Å². The SMILES string of the molecule is C=CCOCCOOCC(C)(Br)CC(C)CCc1ccc(CCC(C)CC(C)(Br)C(=O)OCCOCC=C)cc1. The van der Waals surface area contributed by atoms with Gasteiger partial charge in [0, 0.05) is 4.32 Å². The summed E-state index contributed by atoms with van der Waals surface area (Å²) in [5.41, 5.74) is 2.67. The maximum Gasteiger partial charge on any atom is 0.322 e. The van der Waals surface area contributed by atoms with Gasteiger partial charge in [0.15, 0.2) is 0 Å². The van der Waals surface area contributed by atoms with Crippen LogP contribution in [0.1, 0.15) is 64.5 Å². The highest BCUT2D eigenvalue weighted by molar-refractivity contribution is 9.10. The number of hydrogen-bond donors (Lipinski definition) is 0. The van der Waals surface area contributed by atoms with Crippen molar-refractivity contribution in [3.05, 3.63) is 60.7 Å². The second-order valence-electron chi connectivity index (χ2n) is 11.1. The highest BCUT2D eigenvalue weighted by atomic mass is 79.9. The smallest absolute Gasteiger partial charge is 0.322 e. The molecule has 228 valence electrons. The van der Waals surface area contributed by atoms with E-state index in [0.29, 0.717) is 57.9 Å². The molecule has 1 aromatic carbocycles. The van der Waals surface area contributed by atoms with Crippen molar-refractivity contribution in [1.82, 2.24) is 0 Å². The lowest BCUT2D eigenvalue weighted by atomic mass is 9.90. The zero-order chi connectivity index (χ0) is 29.9. The van der Waals surface area contributed by atoms with Crippen molar-refractivity contribution in [1.29, 1.82) is 0 Å². The van der Waals surface area contributed by atoms with Gasteiger partial charge in [-0.3, -0.25) is 4.79 Å². The molecule has 0 saturated carbocycles. The normalized spacial score (nSPS) is 15.9. The monoisotopic (exact) mass is 688 g/mol. The molecule has 6 nitrogen and oxygen atoms in total. The summed E-state index contributed by atoms with van der Waals surface area (Å²) in [6.07, 6.45) is 9.22. The van der Waals surface area contributed by atoms with Crippen LogP contribution in [-0.4, -0.2) is 60.9 Å². The minimum absolute atomic E-state index is 0.142. The van der Waals surface area contributed by atoms with Crippen LogP contribution in [0, 0.1) is 11.8 Å². The van der Waals surface area contributed by atoms with Gasteiger partial charge in [-0.15, -0.1) is 13.2 Å². The van der Waals surface area contributed by atoms with Crippen LogP contribution in [0.25, 0.3) is 0 Å². The maximum atomic E-state index is 12.5. The lowest BCUT2D eigenvalue weighted by molar-refractivity contribution is -0.302. The molecule has 40 heavy (non-hydrogen) atoms. The molecule has 0 N–H and O–H groups in total. The van der Waals surface area contributed by atoms with Crippen molar-refractivity contribution in [3.8, 4) is 0 Å². The van der Waals surface area contributed by atoms with Gasteiger partial charge < -0.3 is 14.2 Å². The largest absolute Gasteiger partial charge is 0.462 e. The summed E-state index contributed by atoms with van der Waals surface area (Å²) in [6, 6.07) is 8.95. The summed E-state index contributed by atoms with van der Waals surface area (Å²) in [6.45, 7) is 18.7. The molecule has 0 aliphatic rings. The first kappa shape index (κ1) is 37.0. The van der Waals surface area contributed by atoms with Crippen LogP contribution < -0.4 is 0 Å². The van der Waals surface area contributed by atoms with Crippen molar-refractivity contribution in [2.24, 2.45) is 11.8 Å². The number of alkyl halides is 2. The molecular weight excluding hydrogens is 640 g/mol. The van der Waals surface area contributed by atoms with Gasteiger partial charge in [-0.1, -0.05) is 82.1 Å². The number of carbonyl (C=O) groups excluding carboxylic acids is 1. The quantitative estimate of drug-likeness (QED) is 0.0276. The average molecular weight is 691 g/mol. The van der Waals surface area contributed by atoms with E-state index in [1.165, 1.54) is 11.1 Å². The molecular formula is C32H50Br2O6. The number of rotatable bonds is 24. The van der Waals surface area contributed by atoms with Crippen LogP contribution in [0.5, 0.6) is 0 Å². The first-order valence-corrected chi connectivity index (χ1v) is 15.8. The summed E-state index contributed by atoms with van der Waals surface area (Å²) >= 11 is 7.38. The predicted octanol–water partition coefficient (Wildman–Crippen LogP) is 7.81. The van der Waals surface area contributed by atoms with E-state index in [1.807, 2.05) is 6.92 Å². The highest BCUT2D eigenvalue weighted by Crippen LogP contribution is 2.31. The third-order valence-corrected chi connectivity index (χ3v) is 7.69. The maximum absolute atomic E-state index is 12.5. The summed E-state index contributed by atoms with van der Waals surface area (Å²) in [5.74, 6) is 0.661. The van der Waals surface area contributed by atoms with Gasteiger partial charge in [0.2, 0.25) is 0 Å². The van der Waals surface area contributed by atoms with Crippen molar-refractivity contribution in [3.63, 3.8) is 0 Å². The number of aryl methyl sites for hydroxylation is 2. The van der Waals surface area contributed by atoms with Crippen molar-refractivity contribution in [2.45, 2.75) is 74.9 Å². The van der Waals surface area contributed by atoms with Crippen LogP contribution >= 0.6 is 31.9 Å². The first-order valence-electron chi connectivity index (χ1n) is 14.2. The van der Waals surface area contributed by atoms with Gasteiger partial charge in [0.1, 0.15) is 17.5 Å². The molecule has 0 aliphatic heterocycles. The fourth-order valence-electron chi connectivity index (χ4n) is 4.42. The number of esters is 1. The molecule has 8 heteroatoms. The number of ether oxygens (including phenoxy) is 3. The Balaban J connectivity index is 2.32. The molecule has 0 aliphatic carbocycles. The third kappa shape index (κ3) is 17.7. The third-order valence-electron chi connectivity index (χ3n) is 6.49. The Kier molecular flexibility index (Phi) is 19.2. The van der Waals surface area contributed by atoms with Gasteiger partial charge in [0.25, 0.3) is 0 Å². The fourth-order valence-corrected chi connectivity index (χ4v) is 5.73. The van der Waals surface area contributed by atoms with Gasteiger partial charge >= 0.3 is 5.97 Å². The molecule has 0 saturated heterocycles. The second kappa shape index (κ2) is 20.8. The Morgan fingerprint density at radius 1 is 0.825 bits per heavy atom. The molecule has 0 bridgehead atoms. The van der Waals surface area contributed by atoms with Crippen LogP contribution in [0.15, 0.2) is 49.6 Å². The lowest BCUT2D eigenvalue weighted by Crippen LogP contribution is -2.33. The summed E-state index contributed by atoms with van der Waals surface area (Å²) in [5, 5.41) is 0. The van der Waals surface area contributed by atoms with Gasteiger partial charge in [-0.05, 0) is 75.3 Å². The van der Waals surface area contributed by atoms with E-state index in [9.17, 15) is 4.79 Å². The minimum Gasteiger partial charge on any atom is -0.462 e. The molecule has 0 spiro atoms. The zero-order valence-corrected chi connectivity index (χ0v) is 28.1. The van der Waals surface area contributed by atoms with E-state index >= 15 is 0 Å². The van der Waals surface area contributed by atoms with Crippen molar-refractivity contribution >= 4 is 37.8 Å².